The van der Waals surface area contributed by atoms with Crippen LogP contribution in [0, 0.1) is 17.0 Å². The van der Waals surface area contributed by atoms with Crippen molar-refractivity contribution in [2.75, 3.05) is 11.1 Å². The third kappa shape index (κ3) is 3.93. The number of aliphatic imine (C=N–C) groups is 1. The van der Waals surface area contributed by atoms with Crippen molar-refractivity contribution in [3.05, 3.63) is 29.8 Å². The van der Waals surface area contributed by atoms with E-state index < -0.39 is 11.6 Å². The lowest BCUT2D eigenvalue weighted by Crippen LogP contribution is -2.30. The summed E-state index contributed by atoms with van der Waals surface area (Å²) in [4.78, 5) is 4.63. The first kappa shape index (κ1) is 14.3. The summed E-state index contributed by atoms with van der Waals surface area (Å²) in [7, 11) is 0. The minimum atomic E-state index is -0.587. The van der Waals surface area contributed by atoms with E-state index in [4.69, 9.17) is 0 Å². The fraction of sp³-hybridized carbons (Fsp3) is 0.500. The molecule has 0 saturated heterocycles. The molecule has 0 aliphatic carbocycles. The van der Waals surface area contributed by atoms with E-state index in [2.05, 4.69) is 31.1 Å². The summed E-state index contributed by atoms with van der Waals surface area (Å²) in [5.41, 5.74) is 0.500. The second-order valence-corrected chi connectivity index (χ2v) is 6.82. The summed E-state index contributed by atoms with van der Waals surface area (Å²) in [5, 5.41) is 3.73. The van der Waals surface area contributed by atoms with Gasteiger partial charge in [-0.2, -0.15) is 0 Å². The second kappa shape index (κ2) is 5.49. The van der Waals surface area contributed by atoms with E-state index in [1.165, 1.54) is 12.1 Å². The molecule has 1 N–H and O–H groups in total. The number of nitrogens with zero attached hydrogens (tertiary/aromatic N) is 1. The summed E-state index contributed by atoms with van der Waals surface area (Å²) in [6, 6.07) is 3.63. The predicted molar refractivity (Wildman–Crippen MR) is 77.7 cm³/mol. The molecule has 1 heterocycles. The predicted octanol–water partition coefficient (Wildman–Crippen LogP) is 4.28. The van der Waals surface area contributed by atoms with Crippen LogP contribution in [0.5, 0.6) is 0 Å². The summed E-state index contributed by atoms with van der Waals surface area (Å²) in [6.45, 7) is 6.45. The number of thioether (sulfide) groups is 1. The van der Waals surface area contributed by atoms with Gasteiger partial charge >= 0.3 is 0 Å². The number of hydrogen-bond donors (Lipinski definition) is 1. The average molecular weight is 284 g/mol. The van der Waals surface area contributed by atoms with E-state index in [1.807, 2.05) is 0 Å². The highest BCUT2D eigenvalue weighted by molar-refractivity contribution is 8.14. The van der Waals surface area contributed by atoms with E-state index in [-0.39, 0.29) is 11.5 Å². The molecule has 0 bridgehead atoms. The zero-order valence-electron chi connectivity index (χ0n) is 11.3. The fourth-order valence-corrected chi connectivity index (χ4v) is 2.88. The van der Waals surface area contributed by atoms with Crippen molar-refractivity contribution in [2.24, 2.45) is 10.4 Å². The number of benzene rings is 1. The van der Waals surface area contributed by atoms with Crippen molar-refractivity contribution < 1.29 is 8.78 Å². The summed E-state index contributed by atoms with van der Waals surface area (Å²) in [6.07, 6.45) is 1.02. The van der Waals surface area contributed by atoms with E-state index in [9.17, 15) is 8.78 Å². The van der Waals surface area contributed by atoms with Crippen LogP contribution in [0.4, 0.5) is 14.5 Å². The molecule has 19 heavy (non-hydrogen) atoms. The fourth-order valence-electron chi connectivity index (χ4n) is 1.96. The first-order chi connectivity index (χ1) is 8.84. The van der Waals surface area contributed by atoms with Gasteiger partial charge in [0.25, 0.3) is 0 Å². The molecule has 2 rings (SSSR count). The topological polar surface area (TPSA) is 24.4 Å². The van der Waals surface area contributed by atoms with Crippen LogP contribution >= 0.6 is 11.8 Å². The molecule has 1 atom stereocenters. The zero-order valence-corrected chi connectivity index (χ0v) is 12.2. The highest BCUT2D eigenvalue weighted by atomic mass is 32.2. The Morgan fingerprint density at radius 3 is 2.42 bits per heavy atom. The second-order valence-electron chi connectivity index (χ2n) is 5.74. The summed E-state index contributed by atoms with van der Waals surface area (Å²) < 4.78 is 26.2. The molecule has 1 aliphatic rings. The summed E-state index contributed by atoms with van der Waals surface area (Å²) in [5.74, 6) is -0.210. The van der Waals surface area contributed by atoms with Gasteiger partial charge in [-0.1, -0.05) is 32.5 Å². The third-order valence-corrected chi connectivity index (χ3v) is 3.94. The Bertz CT molecular complexity index is 474. The lowest BCUT2D eigenvalue weighted by Gasteiger charge is -2.31. The van der Waals surface area contributed by atoms with Crippen molar-refractivity contribution in [3.63, 3.8) is 0 Å². The van der Waals surface area contributed by atoms with Crippen molar-refractivity contribution in [1.82, 2.24) is 0 Å². The molecule has 5 heteroatoms. The molecule has 0 saturated carbocycles. The highest BCUT2D eigenvalue weighted by Crippen LogP contribution is 2.31. The minimum absolute atomic E-state index is 0.0983. The Labute approximate surface area is 116 Å². The molecule has 1 aromatic rings. The van der Waals surface area contributed by atoms with E-state index in [1.54, 1.807) is 11.8 Å². The summed E-state index contributed by atoms with van der Waals surface area (Å²) >= 11 is 1.58. The van der Waals surface area contributed by atoms with Crippen molar-refractivity contribution in [1.29, 1.82) is 0 Å². The molecular weight excluding hydrogens is 266 g/mol. The molecule has 0 fully saturated rings. The maximum absolute atomic E-state index is 13.1. The molecule has 2 nitrogen and oxygen atoms in total. The van der Waals surface area contributed by atoms with Gasteiger partial charge in [-0.15, -0.1) is 0 Å². The van der Waals surface area contributed by atoms with Crippen LogP contribution in [0.1, 0.15) is 27.2 Å². The molecule has 1 aliphatic heterocycles. The highest BCUT2D eigenvalue weighted by Gasteiger charge is 2.27. The third-order valence-electron chi connectivity index (χ3n) is 3.02. The van der Waals surface area contributed by atoms with Crippen LogP contribution in [0.25, 0.3) is 0 Å². The smallest absolute Gasteiger partial charge is 0.161 e. The zero-order chi connectivity index (χ0) is 14.0. The Hall–Kier alpha value is -1.10. The minimum Gasteiger partial charge on any atom is -0.335 e. The van der Waals surface area contributed by atoms with Gasteiger partial charge in [0.1, 0.15) is 11.6 Å². The quantitative estimate of drug-likeness (QED) is 0.832. The molecule has 1 unspecified atom stereocenters. The number of nitrogens with one attached hydrogen (secondary N) is 1. The van der Waals surface area contributed by atoms with Gasteiger partial charge in [0, 0.05) is 17.5 Å². The van der Waals surface area contributed by atoms with Gasteiger partial charge in [0.2, 0.25) is 0 Å². The van der Waals surface area contributed by atoms with Crippen LogP contribution in [-0.2, 0) is 0 Å². The Balaban J connectivity index is 2.16. The molecule has 0 spiro atoms. The molecule has 104 valence electrons. The molecular formula is C14H18F2N2S. The van der Waals surface area contributed by atoms with E-state index in [0.29, 0.717) is 5.69 Å². The van der Waals surface area contributed by atoms with Crippen LogP contribution in [0.2, 0.25) is 0 Å². The SMILES string of the molecule is CC(C)(C)C1CCSC(Nc2cc(F)cc(F)c2)=N1. The monoisotopic (exact) mass is 284 g/mol. The van der Waals surface area contributed by atoms with Crippen LogP contribution in [-0.4, -0.2) is 17.0 Å². The van der Waals surface area contributed by atoms with Crippen LogP contribution in [0.15, 0.2) is 23.2 Å². The molecule has 0 amide bonds. The number of amidine groups is 1. The van der Waals surface area contributed by atoms with Crippen molar-refractivity contribution in [3.8, 4) is 0 Å². The van der Waals surface area contributed by atoms with Gasteiger partial charge in [-0.25, -0.2) is 8.78 Å². The number of hydrogen-bond acceptors (Lipinski definition) is 3. The Morgan fingerprint density at radius 2 is 1.84 bits per heavy atom. The van der Waals surface area contributed by atoms with Crippen LogP contribution in [0.3, 0.4) is 0 Å². The lowest BCUT2D eigenvalue weighted by atomic mass is 9.85. The maximum atomic E-state index is 13.1. The van der Waals surface area contributed by atoms with E-state index in [0.717, 1.165) is 23.4 Å². The van der Waals surface area contributed by atoms with Gasteiger partial charge in [0.05, 0.1) is 6.04 Å². The van der Waals surface area contributed by atoms with Gasteiger partial charge in [-0.05, 0) is 24.0 Å². The van der Waals surface area contributed by atoms with Crippen LogP contribution < -0.4 is 5.32 Å². The standard InChI is InChI=1S/C14H18F2N2S/c1-14(2,3)12-4-5-19-13(18-12)17-11-7-9(15)6-10(16)8-11/h6-8,12H,4-5H2,1-3H3,(H,17,18). The van der Waals surface area contributed by atoms with Crippen molar-refractivity contribution in [2.45, 2.75) is 33.2 Å². The molecule has 0 radical (unpaired) electrons. The maximum Gasteiger partial charge on any atom is 0.161 e. The average Bonchev–Trinajstić information content (AvgIpc) is 2.26. The first-order valence-electron chi connectivity index (χ1n) is 6.28. The number of rotatable bonds is 1. The van der Waals surface area contributed by atoms with E-state index >= 15 is 0 Å². The van der Waals surface area contributed by atoms with Gasteiger partial charge < -0.3 is 5.32 Å². The molecule has 0 aromatic heterocycles. The lowest BCUT2D eigenvalue weighted by molar-refractivity contribution is 0.316. The first-order valence-corrected chi connectivity index (χ1v) is 7.27. The van der Waals surface area contributed by atoms with Crippen molar-refractivity contribution >= 4 is 22.6 Å². The normalized spacial score (nSPS) is 20.1. The number of anilines is 1. The largest absolute Gasteiger partial charge is 0.335 e. The van der Waals surface area contributed by atoms with Gasteiger partial charge in [-0.3, -0.25) is 4.99 Å². The Kier molecular flexibility index (Phi) is 4.13. The van der Waals surface area contributed by atoms with Gasteiger partial charge in [0.15, 0.2) is 5.17 Å². The number of halogens is 2. The molecule has 1 aromatic carbocycles. The Morgan fingerprint density at radius 1 is 1.21 bits per heavy atom.